The number of Topliss-reactive ketones (excluding diaryl/α,β-unsaturated/α-hetero) is 1. The lowest BCUT2D eigenvalue weighted by atomic mass is 9.91. The van der Waals surface area contributed by atoms with Crippen LogP contribution >= 0.6 is 11.6 Å². The van der Waals surface area contributed by atoms with Gasteiger partial charge in [-0.05, 0) is 56.9 Å². The van der Waals surface area contributed by atoms with E-state index in [9.17, 15) is 24.0 Å². The zero-order valence-corrected chi connectivity index (χ0v) is 28.4. The minimum absolute atomic E-state index is 0.00307. The van der Waals surface area contributed by atoms with Gasteiger partial charge in [-0.1, -0.05) is 66.2 Å². The first kappa shape index (κ1) is 36.1. The lowest BCUT2D eigenvalue weighted by Gasteiger charge is -2.39. The molecule has 11 nitrogen and oxygen atoms in total. The number of amides is 3. The van der Waals surface area contributed by atoms with E-state index >= 15 is 0 Å². The Balaban J connectivity index is 1.55. The molecule has 0 fully saturated rings. The van der Waals surface area contributed by atoms with E-state index in [2.05, 4.69) is 20.9 Å². The number of pyridine rings is 1. The molecule has 2 heterocycles. The third kappa shape index (κ3) is 9.87. The van der Waals surface area contributed by atoms with Crippen LogP contribution in [0.3, 0.4) is 0 Å². The Morgan fingerprint density at radius 2 is 1.71 bits per heavy atom. The maximum atomic E-state index is 14.1. The third-order valence-electron chi connectivity index (χ3n) is 7.99. The summed E-state index contributed by atoms with van der Waals surface area (Å²) in [6.45, 7) is 7.09. The number of benzene rings is 2. The van der Waals surface area contributed by atoms with Gasteiger partial charge in [-0.2, -0.15) is 0 Å². The highest BCUT2D eigenvalue weighted by atomic mass is 35.5. The van der Waals surface area contributed by atoms with Gasteiger partial charge in [0.1, 0.15) is 29.3 Å². The molecule has 0 saturated carbocycles. The van der Waals surface area contributed by atoms with Crippen molar-refractivity contribution in [3.63, 3.8) is 0 Å². The average Bonchev–Trinajstić information content (AvgIpc) is 3.06. The second-order valence-corrected chi connectivity index (χ2v) is 13.3. The van der Waals surface area contributed by atoms with Gasteiger partial charge >= 0.3 is 6.09 Å². The second kappa shape index (κ2) is 15.9. The molecule has 3 amide bonds. The number of alkyl carbamates (subject to hydrolysis) is 1. The number of hydrogen-bond acceptors (Lipinski definition) is 8. The molecule has 0 spiro atoms. The number of anilines is 1. The van der Waals surface area contributed by atoms with Crippen LogP contribution in [-0.2, 0) is 32.1 Å². The smallest absolute Gasteiger partial charge is 0.407 e. The molecule has 1 aliphatic rings. The minimum Gasteiger partial charge on any atom is -0.444 e. The molecule has 3 N–H and O–H groups in total. The van der Waals surface area contributed by atoms with Crippen LogP contribution in [0.1, 0.15) is 67.1 Å². The first-order valence-corrected chi connectivity index (χ1v) is 16.2. The number of nitrogens with zero attached hydrogens (tertiary/aromatic N) is 2. The van der Waals surface area contributed by atoms with Crippen LogP contribution in [0, 0.1) is 6.92 Å². The van der Waals surface area contributed by atoms with Gasteiger partial charge in [-0.3, -0.25) is 14.4 Å². The molecule has 2 atom stereocenters. The van der Waals surface area contributed by atoms with Gasteiger partial charge in [-0.15, -0.1) is 0 Å². The van der Waals surface area contributed by atoms with Gasteiger partial charge in [0.05, 0.1) is 0 Å². The van der Waals surface area contributed by atoms with Crippen molar-refractivity contribution in [2.45, 2.75) is 77.1 Å². The van der Waals surface area contributed by atoms with E-state index in [1.54, 1.807) is 57.3 Å². The van der Waals surface area contributed by atoms with E-state index in [0.717, 1.165) is 16.7 Å². The summed E-state index contributed by atoms with van der Waals surface area (Å²) in [4.78, 5) is 71.6. The highest BCUT2D eigenvalue weighted by Crippen LogP contribution is 2.26. The maximum Gasteiger partial charge on any atom is 0.407 e. The Labute approximate surface area is 285 Å². The SMILES string of the molecule is Cc1cnc(NC[C@@](C=O)(CCNC(=O)OC(C)(C)C)NC(=O)[C@@H]2Cc3ccccc3CN2C(=O)CCC(=O)c2ccccc2)cc1Cl. The van der Waals surface area contributed by atoms with Gasteiger partial charge in [0.2, 0.25) is 11.8 Å². The molecule has 12 heteroatoms. The Kier molecular flexibility index (Phi) is 11.9. The summed E-state index contributed by atoms with van der Waals surface area (Å²) in [5, 5.41) is 9.09. The fourth-order valence-electron chi connectivity index (χ4n) is 5.35. The molecule has 3 aromatic rings. The topological polar surface area (TPSA) is 147 Å². The van der Waals surface area contributed by atoms with E-state index in [1.807, 2.05) is 37.3 Å². The summed E-state index contributed by atoms with van der Waals surface area (Å²) < 4.78 is 5.32. The molecule has 0 radical (unpaired) electrons. The second-order valence-electron chi connectivity index (χ2n) is 12.9. The first-order chi connectivity index (χ1) is 22.8. The number of aromatic nitrogens is 1. The van der Waals surface area contributed by atoms with Crippen molar-refractivity contribution < 1.29 is 28.7 Å². The fraction of sp³-hybridized carbons (Fsp3) is 0.389. The number of halogens is 1. The minimum atomic E-state index is -1.53. The van der Waals surface area contributed by atoms with Gasteiger partial charge in [0.15, 0.2) is 5.78 Å². The van der Waals surface area contributed by atoms with E-state index in [4.69, 9.17) is 16.3 Å². The molecular formula is C36H42ClN5O6. The average molecular weight is 676 g/mol. The molecule has 1 aromatic heterocycles. The zero-order chi connectivity index (χ0) is 34.9. The number of ether oxygens (including phenoxy) is 1. The lowest BCUT2D eigenvalue weighted by Crippen LogP contribution is -2.62. The van der Waals surface area contributed by atoms with Crippen LogP contribution in [0.25, 0.3) is 0 Å². The number of nitrogens with one attached hydrogen (secondary N) is 3. The van der Waals surface area contributed by atoms with Crippen LogP contribution in [0.2, 0.25) is 5.02 Å². The van der Waals surface area contributed by atoms with Crippen LogP contribution in [0.4, 0.5) is 10.6 Å². The van der Waals surface area contributed by atoms with Crippen LogP contribution < -0.4 is 16.0 Å². The predicted octanol–water partition coefficient (Wildman–Crippen LogP) is 5.04. The lowest BCUT2D eigenvalue weighted by molar-refractivity contribution is -0.143. The molecule has 254 valence electrons. The first-order valence-electron chi connectivity index (χ1n) is 15.8. The summed E-state index contributed by atoms with van der Waals surface area (Å²) >= 11 is 6.28. The quantitative estimate of drug-likeness (QED) is 0.169. The molecule has 2 aromatic carbocycles. The maximum absolute atomic E-state index is 14.1. The molecule has 0 bridgehead atoms. The number of fused-ring (bicyclic) bond motifs is 1. The molecule has 1 aliphatic heterocycles. The molecule has 0 aliphatic carbocycles. The van der Waals surface area contributed by atoms with E-state index in [0.29, 0.717) is 22.7 Å². The standard InChI is InChI=1S/C36H42ClN5O6/c1-24-20-39-31(19-28(24)37)40-22-36(23-43,16-17-38-34(47)48-35(2,3)4)41-33(46)29-18-26-12-8-9-13-27(26)21-42(29)32(45)15-14-30(44)25-10-6-5-7-11-25/h5-13,19-20,23,29H,14-18,21-22H2,1-4H3,(H,38,47)(H,39,40)(H,41,46)/t29-,36+/m0/s1. The highest BCUT2D eigenvalue weighted by Gasteiger charge is 2.39. The van der Waals surface area contributed by atoms with Crippen molar-refractivity contribution in [2.75, 3.05) is 18.4 Å². The summed E-state index contributed by atoms with van der Waals surface area (Å²) in [5.74, 6) is -0.685. The number of carbonyl (C=O) groups excluding carboxylic acids is 5. The van der Waals surface area contributed by atoms with Gasteiger partial charge in [-0.25, -0.2) is 9.78 Å². The summed E-state index contributed by atoms with van der Waals surface area (Å²) in [6, 6.07) is 16.9. The van der Waals surface area contributed by atoms with Crippen LogP contribution in [0.5, 0.6) is 0 Å². The zero-order valence-electron chi connectivity index (χ0n) is 27.7. The Bertz CT molecular complexity index is 1640. The van der Waals surface area contributed by atoms with Crippen molar-refractivity contribution in [3.05, 3.63) is 94.1 Å². The summed E-state index contributed by atoms with van der Waals surface area (Å²) in [6.07, 6.45) is 1.65. The van der Waals surface area contributed by atoms with Crippen molar-refractivity contribution >= 4 is 47.4 Å². The molecule has 0 saturated heterocycles. The van der Waals surface area contributed by atoms with Crippen molar-refractivity contribution in [2.24, 2.45) is 0 Å². The van der Waals surface area contributed by atoms with Gasteiger partial charge in [0, 0.05) is 55.7 Å². The summed E-state index contributed by atoms with van der Waals surface area (Å²) in [5.41, 5.74) is 0.832. The van der Waals surface area contributed by atoms with E-state index in [1.165, 1.54) is 4.90 Å². The molecular weight excluding hydrogens is 634 g/mol. The molecule has 0 unspecified atom stereocenters. The fourth-order valence-corrected chi connectivity index (χ4v) is 5.50. The van der Waals surface area contributed by atoms with E-state index in [-0.39, 0.29) is 57.0 Å². The van der Waals surface area contributed by atoms with E-state index < -0.39 is 29.2 Å². The number of rotatable bonds is 13. The third-order valence-corrected chi connectivity index (χ3v) is 8.40. The van der Waals surface area contributed by atoms with Crippen LogP contribution in [-0.4, -0.2) is 70.1 Å². The Morgan fingerprint density at radius 1 is 1.02 bits per heavy atom. The number of aryl methyl sites for hydroxylation is 1. The molecule has 48 heavy (non-hydrogen) atoms. The summed E-state index contributed by atoms with van der Waals surface area (Å²) in [7, 11) is 0. The normalized spacial score (nSPS) is 15.4. The highest BCUT2D eigenvalue weighted by molar-refractivity contribution is 6.31. The Hall–Kier alpha value is -4.77. The van der Waals surface area contributed by atoms with Crippen LogP contribution in [0.15, 0.2) is 66.9 Å². The largest absolute Gasteiger partial charge is 0.444 e. The Morgan fingerprint density at radius 3 is 2.38 bits per heavy atom. The van der Waals surface area contributed by atoms with Gasteiger partial charge < -0.3 is 30.4 Å². The predicted molar refractivity (Wildman–Crippen MR) is 183 cm³/mol. The number of hydrogen-bond donors (Lipinski definition) is 3. The van der Waals surface area contributed by atoms with Crippen molar-refractivity contribution in [3.8, 4) is 0 Å². The number of aldehydes is 1. The van der Waals surface area contributed by atoms with Gasteiger partial charge in [0.25, 0.3) is 0 Å². The number of ketones is 1. The number of carbonyl (C=O) groups is 5. The van der Waals surface area contributed by atoms with Crippen molar-refractivity contribution in [1.82, 2.24) is 20.5 Å². The van der Waals surface area contributed by atoms with Crippen molar-refractivity contribution in [1.29, 1.82) is 0 Å². The molecule has 4 rings (SSSR count). The monoisotopic (exact) mass is 675 g/mol.